The molecule has 0 spiro atoms. The van der Waals surface area contributed by atoms with Crippen LogP contribution in [0.15, 0.2) is 51.0 Å². The number of thiophene rings is 1. The van der Waals surface area contributed by atoms with E-state index in [9.17, 15) is 12.8 Å². The van der Waals surface area contributed by atoms with Gasteiger partial charge in [0.1, 0.15) is 10.0 Å². The van der Waals surface area contributed by atoms with Crippen molar-refractivity contribution in [1.82, 2.24) is 15.4 Å². The summed E-state index contributed by atoms with van der Waals surface area (Å²) >= 11 is 1.18. The lowest BCUT2D eigenvalue weighted by Gasteiger charge is -2.19. The summed E-state index contributed by atoms with van der Waals surface area (Å²) in [7, 11) is -1.79. The predicted octanol–water partition coefficient (Wildman–Crippen LogP) is 2.68. The van der Waals surface area contributed by atoms with Crippen molar-refractivity contribution in [3.63, 3.8) is 0 Å². The topological polar surface area (TPSA) is 82.6 Å². The molecule has 3 N–H and O–H groups in total. The monoisotopic (exact) mass is 538 g/mol. The molecule has 0 amide bonds. The molecule has 1 saturated carbocycles. The van der Waals surface area contributed by atoms with Crippen molar-refractivity contribution >= 4 is 51.3 Å². The number of hydrogen-bond acceptors (Lipinski definition) is 4. The second-order valence-electron chi connectivity index (χ2n) is 6.47. The Labute approximate surface area is 186 Å². The molecule has 3 rings (SSSR count). The Bertz CT molecular complexity index is 900. The first kappa shape index (κ1) is 23.0. The molecular formula is C18H24FIN4O2S2. The lowest BCUT2D eigenvalue weighted by Crippen LogP contribution is -2.44. The highest BCUT2D eigenvalue weighted by Gasteiger charge is 2.44. The van der Waals surface area contributed by atoms with Gasteiger partial charge in [0.05, 0.1) is 0 Å². The number of aliphatic imine (C=N–C) groups is 1. The Morgan fingerprint density at radius 3 is 2.61 bits per heavy atom. The average Bonchev–Trinajstić information content (AvgIpc) is 3.23. The molecule has 2 aromatic rings. The Balaban J connectivity index is 0.00000280. The fourth-order valence-corrected chi connectivity index (χ4v) is 4.93. The molecule has 0 saturated heterocycles. The molecule has 0 unspecified atom stereocenters. The molecule has 6 nitrogen and oxygen atoms in total. The van der Waals surface area contributed by atoms with Crippen LogP contribution in [0, 0.1) is 5.82 Å². The van der Waals surface area contributed by atoms with Crippen molar-refractivity contribution in [1.29, 1.82) is 0 Å². The molecular weight excluding hydrogens is 514 g/mol. The Morgan fingerprint density at radius 1 is 1.21 bits per heavy atom. The minimum absolute atomic E-state index is 0. The van der Waals surface area contributed by atoms with Crippen LogP contribution >= 0.6 is 35.3 Å². The number of hydrogen-bond donors (Lipinski definition) is 3. The van der Waals surface area contributed by atoms with Crippen LogP contribution in [0.1, 0.15) is 18.4 Å². The molecule has 0 radical (unpaired) electrons. The Hall–Kier alpha value is -1.24. The van der Waals surface area contributed by atoms with E-state index in [0.29, 0.717) is 23.3 Å². The van der Waals surface area contributed by atoms with Gasteiger partial charge in [-0.15, -0.1) is 35.3 Å². The van der Waals surface area contributed by atoms with Gasteiger partial charge in [-0.2, -0.15) is 0 Å². The third kappa shape index (κ3) is 5.88. The van der Waals surface area contributed by atoms with E-state index in [1.54, 1.807) is 36.7 Å². The fraction of sp³-hybridized carbons (Fsp3) is 0.389. The largest absolute Gasteiger partial charge is 0.356 e. The van der Waals surface area contributed by atoms with Crippen LogP contribution in [0.4, 0.5) is 4.39 Å². The van der Waals surface area contributed by atoms with E-state index in [-0.39, 0.29) is 41.8 Å². The number of nitrogens with zero attached hydrogens (tertiary/aromatic N) is 1. The van der Waals surface area contributed by atoms with Crippen LogP contribution in [0.25, 0.3) is 0 Å². The van der Waals surface area contributed by atoms with Crippen molar-refractivity contribution in [2.24, 2.45) is 4.99 Å². The van der Waals surface area contributed by atoms with Crippen LogP contribution in [-0.2, 0) is 15.4 Å². The van der Waals surface area contributed by atoms with E-state index >= 15 is 0 Å². The summed E-state index contributed by atoms with van der Waals surface area (Å²) in [5, 5.41) is 8.08. The van der Waals surface area contributed by atoms with E-state index in [1.807, 2.05) is 6.07 Å². The average molecular weight is 538 g/mol. The first-order valence-electron chi connectivity index (χ1n) is 8.69. The Kier molecular flexibility index (Phi) is 8.22. The summed E-state index contributed by atoms with van der Waals surface area (Å²) in [5.41, 5.74) is 0.940. The second-order valence-corrected chi connectivity index (χ2v) is 9.41. The van der Waals surface area contributed by atoms with Gasteiger partial charge in [0.15, 0.2) is 5.96 Å². The Morgan fingerprint density at radius 2 is 2.00 bits per heavy atom. The van der Waals surface area contributed by atoms with Crippen LogP contribution in [-0.4, -0.2) is 41.1 Å². The van der Waals surface area contributed by atoms with E-state index in [1.165, 1.54) is 17.4 Å². The lowest BCUT2D eigenvalue weighted by molar-refractivity contribution is 0.582. The van der Waals surface area contributed by atoms with E-state index < -0.39 is 10.0 Å². The lowest BCUT2D eigenvalue weighted by atomic mass is 9.96. The summed E-state index contributed by atoms with van der Waals surface area (Å²) in [5.74, 6) is 0.368. The van der Waals surface area contributed by atoms with Gasteiger partial charge in [-0.25, -0.2) is 17.5 Å². The van der Waals surface area contributed by atoms with Gasteiger partial charge in [-0.1, -0.05) is 18.2 Å². The van der Waals surface area contributed by atoms with Gasteiger partial charge < -0.3 is 10.6 Å². The predicted molar refractivity (Wildman–Crippen MR) is 122 cm³/mol. The quantitative estimate of drug-likeness (QED) is 0.209. The number of sulfonamides is 1. The first-order valence-corrected chi connectivity index (χ1v) is 11.1. The molecule has 1 heterocycles. The van der Waals surface area contributed by atoms with Crippen molar-refractivity contribution in [2.75, 3.05) is 26.7 Å². The van der Waals surface area contributed by atoms with Crippen molar-refractivity contribution in [3.05, 3.63) is 53.2 Å². The van der Waals surface area contributed by atoms with Gasteiger partial charge in [0.2, 0.25) is 10.0 Å². The van der Waals surface area contributed by atoms with Crippen LogP contribution in [0.3, 0.4) is 0 Å². The molecule has 0 atom stereocenters. The number of guanidine groups is 1. The molecule has 1 aromatic carbocycles. The molecule has 1 aliphatic carbocycles. The maximum Gasteiger partial charge on any atom is 0.250 e. The van der Waals surface area contributed by atoms with Crippen molar-refractivity contribution < 1.29 is 12.8 Å². The fourth-order valence-electron chi connectivity index (χ4n) is 2.86. The normalized spacial score (nSPS) is 15.6. The first-order chi connectivity index (χ1) is 13.0. The molecule has 10 heteroatoms. The number of rotatable bonds is 8. The summed E-state index contributed by atoms with van der Waals surface area (Å²) < 4.78 is 40.4. The van der Waals surface area contributed by atoms with E-state index in [0.717, 1.165) is 18.4 Å². The zero-order valence-electron chi connectivity index (χ0n) is 15.4. The van der Waals surface area contributed by atoms with Gasteiger partial charge in [0.25, 0.3) is 0 Å². The van der Waals surface area contributed by atoms with Gasteiger partial charge in [-0.05, 0) is 42.0 Å². The van der Waals surface area contributed by atoms with E-state index in [2.05, 4.69) is 20.3 Å². The highest BCUT2D eigenvalue weighted by atomic mass is 127. The highest BCUT2D eigenvalue weighted by Crippen LogP contribution is 2.47. The molecule has 154 valence electrons. The molecule has 1 aliphatic rings. The van der Waals surface area contributed by atoms with Crippen molar-refractivity contribution in [3.8, 4) is 0 Å². The smallest absolute Gasteiger partial charge is 0.250 e. The van der Waals surface area contributed by atoms with E-state index in [4.69, 9.17) is 0 Å². The maximum atomic E-state index is 13.5. The molecule has 28 heavy (non-hydrogen) atoms. The maximum absolute atomic E-state index is 13.5. The molecule has 1 fully saturated rings. The van der Waals surface area contributed by atoms with Crippen LogP contribution < -0.4 is 15.4 Å². The zero-order chi connectivity index (χ0) is 19.3. The van der Waals surface area contributed by atoms with Gasteiger partial charge >= 0.3 is 0 Å². The molecule has 0 bridgehead atoms. The van der Waals surface area contributed by atoms with Crippen LogP contribution in [0.5, 0.6) is 0 Å². The number of halogens is 2. The number of nitrogens with one attached hydrogen (secondary N) is 3. The third-order valence-corrected chi connectivity index (χ3v) is 7.44. The standard InChI is InChI=1S/C18H23FN4O2S2.HI/c1-20-17(21-9-10-23-27(24,25)16-6-3-11-26-16)22-13-18(7-8-18)14-4-2-5-15(19)12-14;/h2-6,11-12,23H,7-10,13H2,1H3,(H2,20,21,22);1H. The summed E-state index contributed by atoms with van der Waals surface area (Å²) in [6.07, 6.45) is 2.00. The van der Waals surface area contributed by atoms with Gasteiger partial charge in [0, 0.05) is 32.1 Å². The van der Waals surface area contributed by atoms with Gasteiger partial charge in [-0.3, -0.25) is 4.99 Å². The summed E-state index contributed by atoms with van der Waals surface area (Å²) in [6.45, 7) is 1.30. The minimum Gasteiger partial charge on any atom is -0.356 e. The zero-order valence-corrected chi connectivity index (χ0v) is 19.4. The SMILES string of the molecule is CN=C(NCCNS(=O)(=O)c1cccs1)NCC1(c2cccc(F)c2)CC1.I. The molecule has 0 aliphatic heterocycles. The minimum atomic E-state index is -3.45. The molecule has 1 aromatic heterocycles. The summed E-state index contributed by atoms with van der Waals surface area (Å²) in [4.78, 5) is 4.16. The van der Waals surface area contributed by atoms with Crippen molar-refractivity contribution in [2.45, 2.75) is 22.5 Å². The number of benzene rings is 1. The summed E-state index contributed by atoms with van der Waals surface area (Å²) in [6, 6.07) is 10.00. The second kappa shape index (κ2) is 9.99. The van der Waals surface area contributed by atoms with Crippen LogP contribution in [0.2, 0.25) is 0 Å². The highest BCUT2D eigenvalue weighted by molar-refractivity contribution is 14.0. The third-order valence-electron chi connectivity index (χ3n) is 4.58.